The molecule has 2 aromatic carbocycles. The third-order valence-electron chi connectivity index (χ3n) is 3.69. The molecule has 0 unspecified atom stereocenters. The first kappa shape index (κ1) is 18.7. The van der Waals surface area contributed by atoms with Gasteiger partial charge < -0.3 is 5.32 Å². The largest absolute Gasteiger partial charge is 0.351 e. The average molecular weight is 358 g/mol. The second-order valence-electron chi connectivity index (χ2n) is 5.44. The number of hydrogen-bond acceptors (Lipinski definition) is 3. The molecule has 5 nitrogen and oxygen atoms in total. The van der Waals surface area contributed by atoms with Crippen molar-refractivity contribution in [1.29, 1.82) is 0 Å². The third kappa shape index (κ3) is 4.70. The van der Waals surface area contributed by atoms with E-state index < -0.39 is 10.0 Å². The van der Waals surface area contributed by atoms with Crippen LogP contribution in [-0.4, -0.2) is 27.4 Å². The number of hydrogen-bond donors (Lipinski definition) is 1. The predicted molar refractivity (Wildman–Crippen MR) is 100 cm³/mol. The number of amides is 1. The van der Waals surface area contributed by atoms with E-state index in [0.717, 1.165) is 16.3 Å². The molecular weight excluding hydrogens is 336 g/mol. The Balaban J connectivity index is 2.40. The number of nitrogens with zero attached hydrogens (tertiary/aromatic N) is 1. The number of anilines is 1. The van der Waals surface area contributed by atoms with Crippen molar-refractivity contribution in [2.24, 2.45) is 0 Å². The zero-order chi connectivity index (χ0) is 18.3. The summed E-state index contributed by atoms with van der Waals surface area (Å²) in [5.74, 6) is -0.390. The van der Waals surface area contributed by atoms with Crippen LogP contribution in [0, 0.1) is 0 Å². The highest BCUT2D eigenvalue weighted by molar-refractivity contribution is 7.92. The summed E-state index contributed by atoms with van der Waals surface area (Å²) >= 11 is 0. The number of carbonyl (C=O) groups excluding carboxylic acids is 1. The summed E-state index contributed by atoms with van der Waals surface area (Å²) in [6.07, 6.45) is 2.40. The first-order chi connectivity index (χ1) is 12.0. The number of rotatable bonds is 8. The van der Waals surface area contributed by atoms with Crippen LogP contribution in [0.3, 0.4) is 0 Å². The maximum absolute atomic E-state index is 13.0. The molecule has 0 aliphatic rings. The number of carbonyl (C=O) groups is 1. The second-order valence-corrected chi connectivity index (χ2v) is 7.30. The monoisotopic (exact) mass is 358 g/mol. The summed E-state index contributed by atoms with van der Waals surface area (Å²) in [7, 11) is -3.85. The van der Waals surface area contributed by atoms with E-state index in [-0.39, 0.29) is 23.9 Å². The van der Waals surface area contributed by atoms with Crippen LogP contribution >= 0.6 is 0 Å². The molecule has 0 radical (unpaired) electrons. The molecule has 0 atom stereocenters. The van der Waals surface area contributed by atoms with Gasteiger partial charge in [-0.25, -0.2) is 8.42 Å². The van der Waals surface area contributed by atoms with Gasteiger partial charge in [0.1, 0.15) is 6.54 Å². The van der Waals surface area contributed by atoms with Gasteiger partial charge in [-0.05, 0) is 36.2 Å². The normalized spacial score (nSPS) is 10.9. The number of benzene rings is 2. The number of nitrogens with one attached hydrogen (secondary N) is 1. The maximum atomic E-state index is 13.0. The Morgan fingerprint density at radius 1 is 1.12 bits per heavy atom. The van der Waals surface area contributed by atoms with Crippen LogP contribution < -0.4 is 9.62 Å². The minimum atomic E-state index is -3.85. The molecule has 25 heavy (non-hydrogen) atoms. The molecule has 2 aromatic rings. The molecule has 0 aliphatic heterocycles. The van der Waals surface area contributed by atoms with E-state index in [1.54, 1.807) is 36.4 Å². The molecule has 132 valence electrons. The third-order valence-corrected chi connectivity index (χ3v) is 5.48. The van der Waals surface area contributed by atoms with E-state index >= 15 is 0 Å². The van der Waals surface area contributed by atoms with Crippen LogP contribution in [0.25, 0.3) is 0 Å². The van der Waals surface area contributed by atoms with Gasteiger partial charge in [0.25, 0.3) is 10.0 Å². The Morgan fingerprint density at radius 2 is 1.76 bits per heavy atom. The van der Waals surface area contributed by atoms with Crippen molar-refractivity contribution in [1.82, 2.24) is 5.32 Å². The molecular formula is C19H22N2O3S. The lowest BCUT2D eigenvalue weighted by Gasteiger charge is -2.24. The zero-order valence-corrected chi connectivity index (χ0v) is 15.0. The fourth-order valence-corrected chi connectivity index (χ4v) is 3.75. The second kappa shape index (κ2) is 8.48. The van der Waals surface area contributed by atoms with Gasteiger partial charge in [-0.3, -0.25) is 9.10 Å². The summed E-state index contributed by atoms with van der Waals surface area (Å²) in [5, 5.41) is 2.62. The minimum Gasteiger partial charge on any atom is -0.351 e. The van der Waals surface area contributed by atoms with E-state index in [1.165, 1.54) is 12.1 Å². The van der Waals surface area contributed by atoms with Crippen molar-refractivity contribution in [3.05, 3.63) is 72.8 Å². The Bertz CT molecular complexity index is 816. The number of sulfonamides is 1. The lowest BCUT2D eigenvalue weighted by molar-refractivity contribution is -0.119. The van der Waals surface area contributed by atoms with Gasteiger partial charge in [-0.1, -0.05) is 43.3 Å². The molecule has 0 aliphatic carbocycles. The predicted octanol–water partition coefficient (Wildman–Crippen LogP) is 2.75. The molecule has 0 bridgehead atoms. The minimum absolute atomic E-state index is 0.145. The van der Waals surface area contributed by atoms with Gasteiger partial charge in [-0.2, -0.15) is 0 Å². The zero-order valence-electron chi connectivity index (χ0n) is 14.2. The summed E-state index contributed by atoms with van der Waals surface area (Å²) in [5.41, 5.74) is 1.55. The Morgan fingerprint density at radius 3 is 2.32 bits per heavy atom. The van der Waals surface area contributed by atoms with Crippen LogP contribution in [0.5, 0.6) is 0 Å². The highest BCUT2D eigenvalue weighted by Gasteiger charge is 2.26. The molecule has 0 heterocycles. The van der Waals surface area contributed by atoms with Gasteiger partial charge in [0.15, 0.2) is 0 Å². The van der Waals surface area contributed by atoms with Crippen molar-refractivity contribution in [3.63, 3.8) is 0 Å². The summed E-state index contributed by atoms with van der Waals surface area (Å²) < 4.78 is 27.2. The highest BCUT2D eigenvalue weighted by Crippen LogP contribution is 2.24. The van der Waals surface area contributed by atoms with Crippen LogP contribution in [0.15, 0.2) is 72.1 Å². The van der Waals surface area contributed by atoms with Crippen molar-refractivity contribution < 1.29 is 13.2 Å². The van der Waals surface area contributed by atoms with Crippen LogP contribution in [0.2, 0.25) is 0 Å². The summed E-state index contributed by atoms with van der Waals surface area (Å²) in [6, 6.07) is 15.3. The topological polar surface area (TPSA) is 66.5 Å². The molecule has 2 rings (SSSR count). The SMILES string of the molecule is C=CCNC(=O)CN(c1ccc(CC)cc1)S(=O)(=O)c1ccccc1. The lowest BCUT2D eigenvalue weighted by atomic mass is 10.1. The molecule has 0 saturated carbocycles. The van der Waals surface area contributed by atoms with Gasteiger partial charge in [0.05, 0.1) is 10.6 Å². The highest BCUT2D eigenvalue weighted by atomic mass is 32.2. The fourth-order valence-electron chi connectivity index (χ4n) is 2.30. The Labute approximate surface area is 149 Å². The molecule has 6 heteroatoms. The van der Waals surface area contributed by atoms with Crippen molar-refractivity contribution in [2.45, 2.75) is 18.2 Å². The van der Waals surface area contributed by atoms with Gasteiger partial charge in [0, 0.05) is 6.54 Å². The Kier molecular flexibility index (Phi) is 6.36. The van der Waals surface area contributed by atoms with Crippen LogP contribution in [0.1, 0.15) is 12.5 Å². The maximum Gasteiger partial charge on any atom is 0.264 e. The molecule has 1 N–H and O–H groups in total. The summed E-state index contributed by atoms with van der Waals surface area (Å²) in [4.78, 5) is 12.3. The van der Waals surface area contributed by atoms with Gasteiger partial charge in [0.2, 0.25) is 5.91 Å². The molecule has 0 spiro atoms. The van der Waals surface area contributed by atoms with E-state index in [4.69, 9.17) is 0 Å². The average Bonchev–Trinajstić information content (AvgIpc) is 2.65. The van der Waals surface area contributed by atoms with Crippen molar-refractivity contribution in [2.75, 3.05) is 17.4 Å². The van der Waals surface area contributed by atoms with E-state index in [2.05, 4.69) is 11.9 Å². The van der Waals surface area contributed by atoms with Crippen molar-refractivity contribution in [3.8, 4) is 0 Å². The molecule has 0 aromatic heterocycles. The smallest absolute Gasteiger partial charge is 0.264 e. The Hall–Kier alpha value is -2.60. The first-order valence-corrected chi connectivity index (χ1v) is 9.47. The standard InChI is InChI=1S/C19H22N2O3S/c1-3-14-20-19(22)15-21(17-12-10-16(4-2)11-13-17)25(23,24)18-8-6-5-7-9-18/h3,5-13H,1,4,14-15H2,2H3,(H,20,22). The molecule has 1 amide bonds. The van der Waals surface area contributed by atoms with Gasteiger partial charge in [-0.15, -0.1) is 6.58 Å². The molecule has 0 fully saturated rings. The van der Waals surface area contributed by atoms with Crippen LogP contribution in [0.4, 0.5) is 5.69 Å². The fraction of sp³-hybridized carbons (Fsp3) is 0.211. The van der Waals surface area contributed by atoms with E-state index in [0.29, 0.717) is 5.69 Å². The number of aryl methyl sites for hydroxylation is 1. The van der Waals surface area contributed by atoms with Crippen LogP contribution in [-0.2, 0) is 21.2 Å². The van der Waals surface area contributed by atoms with Crippen molar-refractivity contribution >= 4 is 21.6 Å². The first-order valence-electron chi connectivity index (χ1n) is 8.03. The van der Waals surface area contributed by atoms with E-state index in [1.807, 2.05) is 19.1 Å². The molecule has 0 saturated heterocycles. The lowest BCUT2D eigenvalue weighted by Crippen LogP contribution is -2.40. The van der Waals surface area contributed by atoms with Gasteiger partial charge >= 0.3 is 0 Å². The quantitative estimate of drug-likeness (QED) is 0.738. The van der Waals surface area contributed by atoms with E-state index in [9.17, 15) is 13.2 Å². The summed E-state index contributed by atoms with van der Waals surface area (Å²) in [6.45, 7) is 5.55.